The summed E-state index contributed by atoms with van der Waals surface area (Å²) in [6.45, 7) is 0.434. The van der Waals surface area contributed by atoms with Crippen molar-refractivity contribution in [1.82, 2.24) is 20.8 Å². The first-order valence-electron chi connectivity index (χ1n) is 11.1. The Labute approximate surface area is 194 Å². The van der Waals surface area contributed by atoms with Crippen LogP contribution in [0.4, 0.5) is 0 Å². The number of carbonyl (C=O) groups excluding carboxylic acids is 2. The molecule has 0 saturated heterocycles. The van der Waals surface area contributed by atoms with Gasteiger partial charge in [0.25, 0.3) is 11.8 Å². The molecule has 0 aromatic heterocycles. The number of hydrogen-bond acceptors (Lipinski definition) is 7. The van der Waals surface area contributed by atoms with Gasteiger partial charge in [-0.05, 0) is 72.3 Å². The molecule has 2 aliphatic rings. The molecule has 2 aromatic carbocycles. The summed E-state index contributed by atoms with van der Waals surface area (Å²) in [4.78, 5) is 28.5. The van der Waals surface area contributed by atoms with Crippen LogP contribution in [-0.2, 0) is 18.3 Å². The van der Waals surface area contributed by atoms with Crippen LogP contribution in [0.2, 0.25) is 0 Å². The highest BCUT2D eigenvalue weighted by atomic mass is 16.2. The third-order valence-electron chi connectivity index (χ3n) is 6.57. The molecule has 0 bridgehead atoms. The molecular formula is C24H31N7O2. The highest BCUT2D eigenvalue weighted by Crippen LogP contribution is 2.46. The van der Waals surface area contributed by atoms with Crippen LogP contribution >= 0.6 is 0 Å². The number of hydrogen-bond donors (Lipinski definition) is 3. The van der Waals surface area contributed by atoms with Crippen molar-refractivity contribution in [3.8, 4) is 0 Å². The van der Waals surface area contributed by atoms with Gasteiger partial charge in [0.15, 0.2) is 6.17 Å². The van der Waals surface area contributed by atoms with E-state index in [2.05, 4.69) is 21.3 Å². The van der Waals surface area contributed by atoms with E-state index in [0.717, 1.165) is 35.1 Å². The van der Waals surface area contributed by atoms with E-state index in [9.17, 15) is 9.59 Å². The summed E-state index contributed by atoms with van der Waals surface area (Å²) in [6.07, 6.45) is 1.70. The minimum absolute atomic E-state index is 0.0387. The minimum atomic E-state index is -0.609. The summed E-state index contributed by atoms with van der Waals surface area (Å²) in [7, 11) is 7.00. The van der Waals surface area contributed by atoms with Gasteiger partial charge in [-0.1, -0.05) is 17.4 Å². The Morgan fingerprint density at radius 3 is 1.88 bits per heavy atom. The summed E-state index contributed by atoms with van der Waals surface area (Å²) in [5.74, 6) is -0.0774. The minimum Gasteiger partial charge on any atom is -0.345 e. The number of amides is 2. The van der Waals surface area contributed by atoms with Crippen molar-refractivity contribution in [3.05, 3.63) is 69.8 Å². The van der Waals surface area contributed by atoms with E-state index in [0.29, 0.717) is 24.1 Å². The molecular weight excluding hydrogens is 418 g/mol. The second kappa shape index (κ2) is 8.92. The standard InChI is InChI=1S/C24H31N7O2/c1-30(2)21(32)17-7-9-19-15(13-17)5-6-16-14-18(22(33)31(3)4)8-10-20(16)24(19,11-12-25)23-26-28-29-27-23/h7-10,13-14,23H,5-6,11-12,25H2,1-4H3,(H,26,29)(H,27,28). The lowest BCUT2D eigenvalue weighted by molar-refractivity contribution is 0.0820. The molecule has 4 rings (SSSR count). The van der Waals surface area contributed by atoms with Gasteiger partial charge in [-0.15, -0.1) is 5.11 Å². The van der Waals surface area contributed by atoms with E-state index in [1.807, 2.05) is 36.4 Å². The Hall–Kier alpha value is -3.30. The van der Waals surface area contributed by atoms with E-state index in [1.54, 1.807) is 38.0 Å². The molecule has 1 atom stereocenters. The molecule has 9 nitrogen and oxygen atoms in total. The molecule has 4 N–H and O–H groups in total. The van der Waals surface area contributed by atoms with Gasteiger partial charge < -0.3 is 15.5 Å². The van der Waals surface area contributed by atoms with Crippen LogP contribution < -0.4 is 16.7 Å². The van der Waals surface area contributed by atoms with Crippen LogP contribution in [-0.4, -0.2) is 62.5 Å². The number of nitrogens with one attached hydrogen (secondary N) is 2. The van der Waals surface area contributed by atoms with E-state index in [1.165, 1.54) is 0 Å². The molecule has 0 saturated carbocycles. The predicted octanol–water partition coefficient (Wildman–Crippen LogP) is 1.62. The van der Waals surface area contributed by atoms with Crippen molar-refractivity contribution >= 4 is 11.8 Å². The number of nitrogens with zero attached hydrogens (tertiary/aromatic N) is 4. The molecule has 1 aliphatic carbocycles. The van der Waals surface area contributed by atoms with Crippen LogP contribution in [0.1, 0.15) is 49.4 Å². The molecule has 1 unspecified atom stereocenters. The highest BCUT2D eigenvalue weighted by molar-refractivity contribution is 5.95. The van der Waals surface area contributed by atoms with Crippen LogP contribution in [0, 0.1) is 0 Å². The number of benzene rings is 2. The van der Waals surface area contributed by atoms with Crippen LogP contribution in [0.3, 0.4) is 0 Å². The molecule has 1 heterocycles. The largest absolute Gasteiger partial charge is 0.345 e. The summed E-state index contributed by atoms with van der Waals surface area (Å²) in [5.41, 5.74) is 17.1. The monoisotopic (exact) mass is 449 g/mol. The van der Waals surface area contributed by atoms with Crippen LogP contribution in [0.25, 0.3) is 0 Å². The highest BCUT2D eigenvalue weighted by Gasteiger charge is 2.47. The Morgan fingerprint density at radius 2 is 1.48 bits per heavy atom. The second-order valence-corrected chi connectivity index (χ2v) is 9.03. The predicted molar refractivity (Wildman–Crippen MR) is 126 cm³/mol. The summed E-state index contributed by atoms with van der Waals surface area (Å²) >= 11 is 0. The smallest absolute Gasteiger partial charge is 0.253 e. The van der Waals surface area contributed by atoms with Gasteiger partial charge >= 0.3 is 0 Å². The van der Waals surface area contributed by atoms with Gasteiger partial charge in [-0.2, -0.15) is 5.43 Å². The molecule has 9 heteroatoms. The first kappa shape index (κ1) is 22.9. The number of hydrazine groups is 1. The van der Waals surface area contributed by atoms with Crippen molar-refractivity contribution in [1.29, 1.82) is 0 Å². The average Bonchev–Trinajstić information content (AvgIpc) is 3.31. The number of fused-ring (bicyclic) bond motifs is 2. The number of nitrogens with two attached hydrogens (primary N) is 1. The van der Waals surface area contributed by atoms with Gasteiger partial charge in [0.1, 0.15) is 0 Å². The Kier molecular flexibility index (Phi) is 6.18. The molecule has 0 fully saturated rings. The van der Waals surface area contributed by atoms with Crippen molar-refractivity contribution < 1.29 is 9.59 Å². The summed E-state index contributed by atoms with van der Waals surface area (Å²) < 4.78 is 0. The van der Waals surface area contributed by atoms with Crippen molar-refractivity contribution in [2.45, 2.75) is 30.8 Å². The first-order chi connectivity index (χ1) is 15.8. The van der Waals surface area contributed by atoms with Gasteiger partial charge in [-0.25, -0.2) is 5.53 Å². The number of carbonyl (C=O) groups is 2. The summed E-state index contributed by atoms with van der Waals surface area (Å²) in [6, 6.07) is 11.8. The van der Waals surface area contributed by atoms with Crippen molar-refractivity contribution in [3.63, 3.8) is 0 Å². The van der Waals surface area contributed by atoms with Crippen LogP contribution in [0.5, 0.6) is 0 Å². The van der Waals surface area contributed by atoms with Crippen LogP contribution in [0.15, 0.2) is 46.7 Å². The zero-order chi connectivity index (χ0) is 23.8. The average molecular weight is 450 g/mol. The van der Waals surface area contributed by atoms with Gasteiger partial charge in [0.2, 0.25) is 0 Å². The maximum Gasteiger partial charge on any atom is 0.253 e. The van der Waals surface area contributed by atoms with Crippen molar-refractivity contribution in [2.24, 2.45) is 16.1 Å². The molecule has 2 amide bonds. The zero-order valence-electron chi connectivity index (χ0n) is 19.6. The normalized spacial score (nSPS) is 18.0. The van der Waals surface area contributed by atoms with Crippen molar-refractivity contribution in [2.75, 3.05) is 34.7 Å². The number of aryl methyl sites for hydroxylation is 2. The fourth-order valence-electron chi connectivity index (χ4n) is 5.02. The lowest BCUT2D eigenvalue weighted by Crippen LogP contribution is -2.50. The lowest BCUT2D eigenvalue weighted by atomic mass is 9.67. The maximum atomic E-state index is 12.7. The third kappa shape index (κ3) is 3.87. The molecule has 1 aliphatic heterocycles. The first-order valence-corrected chi connectivity index (χ1v) is 11.1. The van der Waals surface area contributed by atoms with E-state index in [4.69, 9.17) is 5.73 Å². The van der Waals surface area contributed by atoms with E-state index >= 15 is 0 Å². The molecule has 33 heavy (non-hydrogen) atoms. The van der Waals surface area contributed by atoms with Gasteiger partial charge in [0.05, 0.1) is 5.41 Å². The summed E-state index contributed by atoms with van der Waals surface area (Å²) in [5, 5.41) is 8.44. The molecule has 0 radical (unpaired) electrons. The molecule has 174 valence electrons. The fraction of sp³-hybridized carbons (Fsp3) is 0.417. The quantitative estimate of drug-likeness (QED) is 0.642. The fourth-order valence-corrected chi connectivity index (χ4v) is 5.02. The topological polar surface area (TPSA) is 115 Å². The Morgan fingerprint density at radius 1 is 0.970 bits per heavy atom. The third-order valence-corrected chi connectivity index (χ3v) is 6.57. The maximum absolute atomic E-state index is 12.7. The van der Waals surface area contributed by atoms with Gasteiger partial charge in [-0.3, -0.25) is 9.59 Å². The second-order valence-electron chi connectivity index (χ2n) is 9.03. The number of rotatable bonds is 5. The Bertz CT molecular complexity index is 1040. The molecule has 2 aromatic rings. The zero-order valence-corrected chi connectivity index (χ0v) is 19.6. The Balaban J connectivity index is 1.94. The SMILES string of the molecule is CN(C)C(=O)c1ccc2c(c1)CCc1cc(C(=O)N(C)C)ccc1C2(CCN)C1N=NNN1. The van der Waals surface area contributed by atoms with E-state index < -0.39 is 5.41 Å². The molecule has 0 spiro atoms. The van der Waals surface area contributed by atoms with E-state index in [-0.39, 0.29) is 18.0 Å². The lowest BCUT2D eigenvalue weighted by Gasteiger charge is -2.39. The van der Waals surface area contributed by atoms with Gasteiger partial charge in [0, 0.05) is 39.3 Å².